The first-order valence-electron chi connectivity index (χ1n) is 5.40. The van der Waals surface area contributed by atoms with E-state index < -0.39 is 11.6 Å². The van der Waals surface area contributed by atoms with E-state index in [2.05, 4.69) is 10.1 Å². The van der Waals surface area contributed by atoms with E-state index in [0.29, 0.717) is 5.02 Å². The summed E-state index contributed by atoms with van der Waals surface area (Å²) in [5, 5.41) is 4.24. The molecule has 1 aromatic heterocycles. The molecule has 0 spiro atoms. The highest BCUT2D eigenvalue weighted by Gasteiger charge is 2.21. The van der Waals surface area contributed by atoms with Gasteiger partial charge in [-0.3, -0.25) is 4.79 Å². The maximum atomic E-state index is 13.6. The molecule has 2 aromatic rings. The van der Waals surface area contributed by atoms with Crippen LogP contribution in [-0.2, 0) is 0 Å². The fourth-order valence-corrected chi connectivity index (χ4v) is 1.75. The van der Waals surface area contributed by atoms with E-state index in [4.69, 9.17) is 11.6 Å². The third-order valence-electron chi connectivity index (χ3n) is 2.44. The van der Waals surface area contributed by atoms with Crippen LogP contribution >= 0.6 is 11.6 Å². The Hall–Kier alpha value is -1.75. The van der Waals surface area contributed by atoms with Gasteiger partial charge in [0.25, 0.3) is 0 Å². The Morgan fingerprint density at radius 3 is 2.83 bits per heavy atom. The summed E-state index contributed by atoms with van der Waals surface area (Å²) in [6.45, 7) is 3.72. The fraction of sp³-hybridized carbons (Fsp3) is 0.250. The molecular formula is C12H11ClFN3O. The number of nitrogens with zero attached hydrogens (tertiary/aromatic N) is 3. The molecule has 0 N–H and O–H groups in total. The van der Waals surface area contributed by atoms with Crippen molar-refractivity contribution in [2.75, 3.05) is 0 Å². The molecule has 6 heteroatoms. The predicted octanol–water partition coefficient (Wildman–Crippen LogP) is 2.88. The van der Waals surface area contributed by atoms with Gasteiger partial charge in [0, 0.05) is 11.1 Å². The second-order valence-corrected chi connectivity index (χ2v) is 4.51. The van der Waals surface area contributed by atoms with Gasteiger partial charge in [-0.25, -0.2) is 14.1 Å². The van der Waals surface area contributed by atoms with Crippen molar-refractivity contribution in [2.24, 2.45) is 0 Å². The van der Waals surface area contributed by atoms with Crippen molar-refractivity contribution >= 4 is 17.4 Å². The molecule has 0 amide bonds. The quantitative estimate of drug-likeness (QED) is 0.804. The summed E-state index contributed by atoms with van der Waals surface area (Å²) in [6.07, 6.45) is 1.27. The first-order valence-corrected chi connectivity index (χ1v) is 5.77. The molecule has 1 aromatic carbocycles. The van der Waals surface area contributed by atoms with Crippen molar-refractivity contribution in [1.82, 2.24) is 14.8 Å². The van der Waals surface area contributed by atoms with Crippen LogP contribution in [-0.4, -0.2) is 20.5 Å². The van der Waals surface area contributed by atoms with Crippen molar-refractivity contribution < 1.29 is 9.18 Å². The Morgan fingerprint density at radius 2 is 2.17 bits per heavy atom. The SMILES string of the molecule is CC(C)n1ncnc1C(=O)c1cc(Cl)ccc1F. The molecule has 0 radical (unpaired) electrons. The topological polar surface area (TPSA) is 47.8 Å². The van der Waals surface area contributed by atoms with Crippen LogP contribution in [0.5, 0.6) is 0 Å². The molecule has 0 unspecified atom stereocenters. The van der Waals surface area contributed by atoms with E-state index in [1.54, 1.807) is 0 Å². The van der Waals surface area contributed by atoms with Crippen LogP contribution in [0, 0.1) is 5.82 Å². The Bertz CT molecular complexity index is 595. The zero-order chi connectivity index (χ0) is 13.3. The smallest absolute Gasteiger partial charge is 0.232 e. The summed E-state index contributed by atoms with van der Waals surface area (Å²) in [5.41, 5.74) is -0.0996. The Labute approximate surface area is 108 Å². The van der Waals surface area contributed by atoms with E-state index in [1.807, 2.05) is 13.8 Å². The molecule has 18 heavy (non-hydrogen) atoms. The molecule has 4 nitrogen and oxygen atoms in total. The predicted molar refractivity (Wildman–Crippen MR) is 65.2 cm³/mol. The zero-order valence-electron chi connectivity index (χ0n) is 9.89. The third-order valence-corrected chi connectivity index (χ3v) is 2.67. The number of benzene rings is 1. The van der Waals surface area contributed by atoms with E-state index in [-0.39, 0.29) is 17.4 Å². The minimum absolute atomic E-state index is 0.0336. The average Bonchev–Trinajstić information content (AvgIpc) is 2.80. The van der Waals surface area contributed by atoms with Crippen LogP contribution in [0.1, 0.15) is 36.1 Å². The van der Waals surface area contributed by atoms with Gasteiger partial charge in [-0.15, -0.1) is 0 Å². The molecule has 0 bridgehead atoms. The van der Waals surface area contributed by atoms with Gasteiger partial charge in [0.15, 0.2) is 5.82 Å². The van der Waals surface area contributed by atoms with Gasteiger partial charge in [-0.05, 0) is 32.0 Å². The summed E-state index contributed by atoms with van der Waals surface area (Å²) in [7, 11) is 0. The maximum Gasteiger partial charge on any atom is 0.232 e. The summed E-state index contributed by atoms with van der Waals surface area (Å²) < 4.78 is 15.1. The lowest BCUT2D eigenvalue weighted by Gasteiger charge is -2.08. The first kappa shape index (κ1) is 12.7. The number of halogens is 2. The summed E-state index contributed by atoms with van der Waals surface area (Å²) in [4.78, 5) is 16.1. The van der Waals surface area contributed by atoms with Crippen molar-refractivity contribution in [3.63, 3.8) is 0 Å². The van der Waals surface area contributed by atoms with Crippen LogP contribution in [0.15, 0.2) is 24.5 Å². The van der Waals surface area contributed by atoms with Crippen molar-refractivity contribution in [3.8, 4) is 0 Å². The van der Waals surface area contributed by atoms with Gasteiger partial charge >= 0.3 is 0 Å². The minimum Gasteiger partial charge on any atom is -0.285 e. The van der Waals surface area contributed by atoms with E-state index in [9.17, 15) is 9.18 Å². The van der Waals surface area contributed by atoms with E-state index in [0.717, 1.165) is 6.07 Å². The molecule has 1 heterocycles. The molecule has 94 valence electrons. The highest BCUT2D eigenvalue weighted by atomic mass is 35.5. The van der Waals surface area contributed by atoms with Gasteiger partial charge < -0.3 is 0 Å². The van der Waals surface area contributed by atoms with Gasteiger partial charge in [-0.1, -0.05) is 11.6 Å². The van der Waals surface area contributed by atoms with E-state index in [1.165, 1.54) is 23.1 Å². The number of hydrogen-bond donors (Lipinski definition) is 0. The number of carbonyl (C=O) groups excluding carboxylic acids is 1. The normalized spacial score (nSPS) is 10.9. The summed E-state index contributed by atoms with van der Waals surface area (Å²) >= 11 is 5.76. The summed E-state index contributed by atoms with van der Waals surface area (Å²) in [6, 6.07) is 3.80. The highest BCUT2D eigenvalue weighted by Crippen LogP contribution is 2.18. The lowest BCUT2D eigenvalue weighted by atomic mass is 10.1. The van der Waals surface area contributed by atoms with Crippen LogP contribution in [0.2, 0.25) is 5.02 Å². The Kier molecular flexibility index (Phi) is 3.43. The van der Waals surface area contributed by atoms with Crippen LogP contribution < -0.4 is 0 Å². The molecule has 0 saturated heterocycles. The second kappa shape index (κ2) is 4.86. The van der Waals surface area contributed by atoms with Gasteiger partial charge in [-0.2, -0.15) is 5.10 Å². The molecule has 0 aliphatic rings. The van der Waals surface area contributed by atoms with Gasteiger partial charge in [0.1, 0.15) is 12.1 Å². The van der Waals surface area contributed by atoms with E-state index >= 15 is 0 Å². The highest BCUT2D eigenvalue weighted by molar-refractivity contribution is 6.31. The standard InChI is InChI=1S/C12H11ClFN3O/c1-7(2)17-12(15-6-16-17)11(18)9-5-8(13)3-4-10(9)14/h3-7H,1-2H3. The van der Waals surface area contributed by atoms with Crippen LogP contribution in [0.4, 0.5) is 4.39 Å². The average molecular weight is 268 g/mol. The molecule has 0 atom stereocenters. The molecule has 0 aliphatic carbocycles. The summed E-state index contributed by atoms with van der Waals surface area (Å²) in [5.74, 6) is -1.05. The number of aromatic nitrogens is 3. The molecule has 2 rings (SSSR count). The van der Waals surface area contributed by atoms with Gasteiger partial charge in [0.2, 0.25) is 5.78 Å². The first-order chi connectivity index (χ1) is 8.50. The molecule has 0 fully saturated rings. The second-order valence-electron chi connectivity index (χ2n) is 4.08. The fourth-order valence-electron chi connectivity index (χ4n) is 1.58. The number of rotatable bonds is 3. The third kappa shape index (κ3) is 2.26. The molecule has 0 aliphatic heterocycles. The Morgan fingerprint density at radius 1 is 1.44 bits per heavy atom. The van der Waals surface area contributed by atoms with Crippen molar-refractivity contribution in [2.45, 2.75) is 19.9 Å². The number of carbonyl (C=O) groups is 1. The number of hydrogen-bond acceptors (Lipinski definition) is 3. The van der Waals surface area contributed by atoms with Crippen molar-refractivity contribution in [1.29, 1.82) is 0 Å². The Balaban J connectivity index is 2.48. The largest absolute Gasteiger partial charge is 0.285 e. The van der Waals surface area contributed by atoms with Crippen LogP contribution in [0.25, 0.3) is 0 Å². The molecular weight excluding hydrogens is 257 g/mol. The number of ketones is 1. The van der Waals surface area contributed by atoms with Gasteiger partial charge in [0.05, 0.1) is 5.56 Å². The lowest BCUT2D eigenvalue weighted by Crippen LogP contribution is -2.15. The lowest BCUT2D eigenvalue weighted by molar-refractivity contribution is 0.101. The maximum absolute atomic E-state index is 13.6. The monoisotopic (exact) mass is 267 g/mol. The zero-order valence-corrected chi connectivity index (χ0v) is 10.6. The van der Waals surface area contributed by atoms with Crippen molar-refractivity contribution in [3.05, 3.63) is 46.8 Å². The van der Waals surface area contributed by atoms with Crippen LogP contribution in [0.3, 0.4) is 0 Å². The molecule has 0 saturated carbocycles. The minimum atomic E-state index is -0.622.